The van der Waals surface area contributed by atoms with E-state index < -0.39 is 0 Å². The first kappa shape index (κ1) is 14.7. The Labute approximate surface area is 122 Å². The van der Waals surface area contributed by atoms with Gasteiger partial charge in [-0.05, 0) is 62.6 Å². The summed E-state index contributed by atoms with van der Waals surface area (Å²) < 4.78 is 0. The molecule has 2 aromatic rings. The van der Waals surface area contributed by atoms with Crippen LogP contribution in [-0.2, 0) is 0 Å². The molecule has 1 unspecified atom stereocenters. The quantitative estimate of drug-likeness (QED) is 0.906. The van der Waals surface area contributed by atoms with E-state index in [0.29, 0.717) is 0 Å². The van der Waals surface area contributed by atoms with Crippen molar-refractivity contribution in [2.45, 2.75) is 40.7 Å². The summed E-state index contributed by atoms with van der Waals surface area (Å²) >= 11 is 0. The van der Waals surface area contributed by atoms with Crippen LogP contribution in [-0.4, -0.2) is 11.5 Å². The Balaban J connectivity index is 2.51. The van der Waals surface area contributed by atoms with E-state index >= 15 is 0 Å². The SMILES string of the molecule is CCNC(c1ccc(C)nc1)c1c(C)cc(C)cc1C. The number of nitrogens with zero attached hydrogens (tertiary/aromatic N) is 1. The van der Waals surface area contributed by atoms with E-state index in [2.05, 4.69) is 62.3 Å². The van der Waals surface area contributed by atoms with Crippen molar-refractivity contribution >= 4 is 0 Å². The number of pyridine rings is 1. The second-order valence-corrected chi connectivity index (χ2v) is 5.54. The van der Waals surface area contributed by atoms with Crippen molar-refractivity contribution in [3.05, 3.63) is 64.0 Å². The molecule has 1 atom stereocenters. The Morgan fingerprint density at radius 1 is 1.05 bits per heavy atom. The fourth-order valence-electron chi connectivity index (χ4n) is 2.89. The maximum absolute atomic E-state index is 4.44. The fraction of sp³-hybridized carbons (Fsp3) is 0.389. The van der Waals surface area contributed by atoms with Gasteiger partial charge in [0.15, 0.2) is 0 Å². The zero-order valence-corrected chi connectivity index (χ0v) is 13.1. The number of benzene rings is 1. The van der Waals surface area contributed by atoms with Crippen LogP contribution >= 0.6 is 0 Å². The van der Waals surface area contributed by atoms with Crippen LogP contribution in [0, 0.1) is 27.7 Å². The molecule has 0 bridgehead atoms. The lowest BCUT2D eigenvalue weighted by atomic mass is 9.90. The molecule has 1 heterocycles. The molecule has 2 heteroatoms. The predicted octanol–water partition coefficient (Wildman–Crippen LogP) is 4.01. The summed E-state index contributed by atoms with van der Waals surface area (Å²) in [4.78, 5) is 4.44. The normalized spacial score (nSPS) is 12.4. The van der Waals surface area contributed by atoms with Crippen LogP contribution in [0.5, 0.6) is 0 Å². The van der Waals surface area contributed by atoms with Gasteiger partial charge >= 0.3 is 0 Å². The molecule has 0 aliphatic heterocycles. The molecule has 2 nitrogen and oxygen atoms in total. The van der Waals surface area contributed by atoms with Crippen molar-refractivity contribution in [1.82, 2.24) is 10.3 Å². The molecule has 0 saturated heterocycles. The van der Waals surface area contributed by atoms with Crippen LogP contribution in [0.15, 0.2) is 30.5 Å². The monoisotopic (exact) mass is 268 g/mol. The molecule has 0 aliphatic carbocycles. The molecule has 0 saturated carbocycles. The number of nitrogens with one attached hydrogen (secondary N) is 1. The lowest BCUT2D eigenvalue weighted by Crippen LogP contribution is -2.24. The van der Waals surface area contributed by atoms with Crippen molar-refractivity contribution in [1.29, 1.82) is 0 Å². The first-order valence-electron chi connectivity index (χ1n) is 7.26. The first-order chi connectivity index (χ1) is 9.52. The molecule has 0 radical (unpaired) electrons. The molecular formula is C18H24N2. The summed E-state index contributed by atoms with van der Waals surface area (Å²) in [6.45, 7) is 11.6. The Hall–Kier alpha value is -1.67. The van der Waals surface area contributed by atoms with Crippen molar-refractivity contribution < 1.29 is 0 Å². The van der Waals surface area contributed by atoms with E-state index in [1.54, 1.807) is 0 Å². The van der Waals surface area contributed by atoms with Gasteiger partial charge < -0.3 is 5.32 Å². The highest BCUT2D eigenvalue weighted by molar-refractivity contribution is 5.43. The smallest absolute Gasteiger partial charge is 0.0597 e. The van der Waals surface area contributed by atoms with Gasteiger partial charge in [-0.2, -0.15) is 0 Å². The van der Waals surface area contributed by atoms with Crippen LogP contribution < -0.4 is 5.32 Å². The molecule has 1 aromatic carbocycles. The van der Waals surface area contributed by atoms with Crippen LogP contribution in [0.1, 0.15) is 46.5 Å². The molecule has 1 aromatic heterocycles. The van der Waals surface area contributed by atoms with Gasteiger partial charge in [0.1, 0.15) is 0 Å². The highest BCUT2D eigenvalue weighted by Crippen LogP contribution is 2.28. The van der Waals surface area contributed by atoms with Gasteiger partial charge in [0.05, 0.1) is 6.04 Å². The third-order valence-corrected chi connectivity index (χ3v) is 3.70. The minimum absolute atomic E-state index is 0.216. The predicted molar refractivity (Wildman–Crippen MR) is 85.1 cm³/mol. The molecule has 1 N–H and O–H groups in total. The molecule has 106 valence electrons. The van der Waals surface area contributed by atoms with Gasteiger partial charge in [-0.1, -0.05) is 30.7 Å². The molecular weight excluding hydrogens is 244 g/mol. The lowest BCUT2D eigenvalue weighted by Gasteiger charge is -2.23. The average molecular weight is 268 g/mol. The summed E-state index contributed by atoms with van der Waals surface area (Å²) in [6.07, 6.45) is 1.99. The van der Waals surface area contributed by atoms with Crippen molar-refractivity contribution in [3.8, 4) is 0 Å². The largest absolute Gasteiger partial charge is 0.306 e. The summed E-state index contributed by atoms with van der Waals surface area (Å²) in [5, 5.41) is 3.60. The molecule has 0 fully saturated rings. The highest BCUT2D eigenvalue weighted by Gasteiger charge is 2.17. The number of hydrogen-bond acceptors (Lipinski definition) is 2. The van der Waals surface area contributed by atoms with Crippen LogP contribution in [0.25, 0.3) is 0 Å². The third-order valence-electron chi connectivity index (χ3n) is 3.70. The molecule has 0 aliphatic rings. The second-order valence-electron chi connectivity index (χ2n) is 5.54. The number of hydrogen-bond donors (Lipinski definition) is 1. The van der Waals surface area contributed by atoms with Crippen LogP contribution in [0.3, 0.4) is 0 Å². The van der Waals surface area contributed by atoms with Crippen molar-refractivity contribution in [2.24, 2.45) is 0 Å². The summed E-state index contributed by atoms with van der Waals surface area (Å²) in [6, 6.07) is 8.99. The van der Waals surface area contributed by atoms with Gasteiger partial charge in [-0.25, -0.2) is 0 Å². The fourth-order valence-corrected chi connectivity index (χ4v) is 2.89. The van der Waals surface area contributed by atoms with Gasteiger partial charge in [-0.15, -0.1) is 0 Å². The topological polar surface area (TPSA) is 24.9 Å². The minimum Gasteiger partial charge on any atom is -0.306 e. The van der Waals surface area contributed by atoms with E-state index in [-0.39, 0.29) is 6.04 Å². The van der Waals surface area contributed by atoms with E-state index in [1.807, 2.05) is 13.1 Å². The third kappa shape index (κ3) is 3.07. The number of aryl methyl sites for hydroxylation is 4. The molecule has 2 rings (SSSR count). The number of aromatic nitrogens is 1. The average Bonchev–Trinajstić information content (AvgIpc) is 2.37. The van der Waals surface area contributed by atoms with E-state index in [0.717, 1.165) is 12.2 Å². The van der Waals surface area contributed by atoms with Crippen LogP contribution in [0.4, 0.5) is 0 Å². The van der Waals surface area contributed by atoms with Crippen molar-refractivity contribution in [3.63, 3.8) is 0 Å². The highest BCUT2D eigenvalue weighted by atomic mass is 14.9. The van der Waals surface area contributed by atoms with Gasteiger partial charge in [0.2, 0.25) is 0 Å². The Morgan fingerprint density at radius 3 is 2.20 bits per heavy atom. The Kier molecular flexibility index (Phi) is 4.56. The maximum Gasteiger partial charge on any atom is 0.0597 e. The summed E-state index contributed by atoms with van der Waals surface area (Å²) in [7, 11) is 0. The molecule has 0 spiro atoms. The van der Waals surface area contributed by atoms with Crippen LogP contribution in [0.2, 0.25) is 0 Å². The standard InChI is InChI=1S/C18H24N2/c1-6-19-18(16-8-7-15(5)20-11-16)17-13(3)9-12(2)10-14(17)4/h7-11,18-19H,6H2,1-5H3. The summed E-state index contributed by atoms with van der Waals surface area (Å²) in [5.74, 6) is 0. The van der Waals surface area contributed by atoms with Gasteiger partial charge in [-0.3, -0.25) is 4.98 Å². The lowest BCUT2D eigenvalue weighted by molar-refractivity contribution is 0.622. The van der Waals surface area contributed by atoms with E-state index in [1.165, 1.54) is 27.8 Å². The Morgan fingerprint density at radius 2 is 1.70 bits per heavy atom. The molecule has 20 heavy (non-hydrogen) atoms. The second kappa shape index (κ2) is 6.19. The Bertz CT molecular complexity index is 562. The first-order valence-corrected chi connectivity index (χ1v) is 7.26. The van der Waals surface area contributed by atoms with E-state index in [9.17, 15) is 0 Å². The minimum atomic E-state index is 0.216. The summed E-state index contributed by atoms with van der Waals surface area (Å²) in [5.41, 5.74) is 7.67. The van der Waals surface area contributed by atoms with Gasteiger partial charge in [0, 0.05) is 11.9 Å². The number of rotatable bonds is 4. The van der Waals surface area contributed by atoms with Crippen molar-refractivity contribution in [2.75, 3.05) is 6.54 Å². The zero-order chi connectivity index (χ0) is 14.7. The maximum atomic E-state index is 4.44. The van der Waals surface area contributed by atoms with E-state index in [4.69, 9.17) is 0 Å². The zero-order valence-electron chi connectivity index (χ0n) is 13.1. The molecule has 0 amide bonds. The van der Waals surface area contributed by atoms with Gasteiger partial charge in [0.25, 0.3) is 0 Å².